The molecule has 1 aliphatic carbocycles. The molecule has 1 aliphatic rings. The normalized spacial score (nSPS) is 22.3. The molecule has 0 aromatic heterocycles. The number of benzene rings is 1. The van der Waals surface area contributed by atoms with Crippen LogP contribution in [0.4, 0.5) is 14.5 Å². The molecule has 0 radical (unpaired) electrons. The second kappa shape index (κ2) is 5.98. The maximum atomic E-state index is 13.1. The SMILES string of the molecule is O=C(O)[C@H]1CCCC[C@@H]1C(=O)Nc1ccc(F)c(F)c1. The zero-order valence-corrected chi connectivity index (χ0v) is 10.7. The van der Waals surface area contributed by atoms with Crippen LogP contribution < -0.4 is 5.32 Å². The summed E-state index contributed by atoms with van der Waals surface area (Å²) in [6.07, 6.45) is 2.53. The lowest BCUT2D eigenvalue weighted by molar-refractivity contribution is -0.147. The van der Waals surface area contributed by atoms with Gasteiger partial charge in [0.2, 0.25) is 5.91 Å². The Hall–Kier alpha value is -1.98. The zero-order valence-electron chi connectivity index (χ0n) is 10.7. The van der Waals surface area contributed by atoms with Gasteiger partial charge in [0.1, 0.15) is 0 Å². The standard InChI is InChI=1S/C14H15F2NO3/c15-11-6-5-8(7-12(11)16)17-13(18)9-3-1-2-4-10(9)14(19)20/h5-7,9-10H,1-4H2,(H,17,18)(H,19,20)/t9-,10-/m0/s1. The lowest BCUT2D eigenvalue weighted by atomic mass is 9.78. The third kappa shape index (κ3) is 3.12. The van der Waals surface area contributed by atoms with Gasteiger partial charge in [-0.2, -0.15) is 0 Å². The van der Waals surface area contributed by atoms with Gasteiger partial charge in [-0.15, -0.1) is 0 Å². The van der Waals surface area contributed by atoms with E-state index in [1.807, 2.05) is 0 Å². The van der Waals surface area contributed by atoms with Crippen molar-refractivity contribution in [3.05, 3.63) is 29.8 Å². The molecule has 1 aromatic rings. The Morgan fingerprint density at radius 2 is 1.75 bits per heavy atom. The summed E-state index contributed by atoms with van der Waals surface area (Å²) in [5.41, 5.74) is 0.128. The Kier molecular flexibility index (Phi) is 4.32. The minimum atomic E-state index is -1.05. The van der Waals surface area contributed by atoms with E-state index < -0.39 is 35.3 Å². The van der Waals surface area contributed by atoms with E-state index in [0.717, 1.165) is 25.0 Å². The lowest BCUT2D eigenvalue weighted by Gasteiger charge is -2.27. The summed E-state index contributed by atoms with van der Waals surface area (Å²) in [5.74, 6) is -4.84. The molecule has 1 fully saturated rings. The van der Waals surface area contributed by atoms with E-state index >= 15 is 0 Å². The number of amides is 1. The van der Waals surface area contributed by atoms with Gasteiger partial charge in [-0.1, -0.05) is 12.8 Å². The number of carbonyl (C=O) groups is 2. The molecular weight excluding hydrogens is 268 g/mol. The van der Waals surface area contributed by atoms with Crippen molar-refractivity contribution in [3.8, 4) is 0 Å². The molecule has 20 heavy (non-hydrogen) atoms. The van der Waals surface area contributed by atoms with Crippen LogP contribution in [0.3, 0.4) is 0 Å². The summed E-state index contributed by atoms with van der Waals surface area (Å²) in [7, 11) is 0. The maximum Gasteiger partial charge on any atom is 0.307 e. The molecule has 0 unspecified atom stereocenters. The van der Waals surface area contributed by atoms with Crippen LogP contribution >= 0.6 is 0 Å². The smallest absolute Gasteiger partial charge is 0.307 e. The molecule has 2 atom stereocenters. The van der Waals surface area contributed by atoms with Crippen molar-refractivity contribution in [2.45, 2.75) is 25.7 Å². The first kappa shape index (κ1) is 14.4. The number of hydrogen-bond donors (Lipinski definition) is 2. The highest BCUT2D eigenvalue weighted by Gasteiger charge is 2.35. The van der Waals surface area contributed by atoms with Crippen LogP contribution in [0, 0.1) is 23.5 Å². The van der Waals surface area contributed by atoms with E-state index in [1.165, 1.54) is 6.07 Å². The van der Waals surface area contributed by atoms with Gasteiger partial charge in [-0.05, 0) is 25.0 Å². The Morgan fingerprint density at radius 1 is 1.10 bits per heavy atom. The summed E-state index contributed by atoms with van der Waals surface area (Å²) in [6.45, 7) is 0. The average molecular weight is 283 g/mol. The van der Waals surface area contributed by atoms with E-state index in [-0.39, 0.29) is 5.69 Å². The molecule has 2 N–H and O–H groups in total. The van der Waals surface area contributed by atoms with Crippen LogP contribution in [0.15, 0.2) is 18.2 Å². The van der Waals surface area contributed by atoms with Crippen molar-refractivity contribution in [2.75, 3.05) is 5.32 Å². The number of carboxylic acid groups (broad SMARTS) is 1. The van der Waals surface area contributed by atoms with Crippen molar-refractivity contribution in [2.24, 2.45) is 11.8 Å². The van der Waals surface area contributed by atoms with Gasteiger partial charge in [-0.3, -0.25) is 9.59 Å². The molecule has 2 rings (SSSR count). The molecular formula is C14H15F2NO3. The highest BCUT2D eigenvalue weighted by molar-refractivity contribution is 5.95. The molecule has 4 nitrogen and oxygen atoms in total. The summed E-state index contributed by atoms with van der Waals surface area (Å²) < 4.78 is 25.8. The fourth-order valence-electron chi connectivity index (χ4n) is 2.55. The summed E-state index contributed by atoms with van der Waals surface area (Å²) in [4.78, 5) is 23.2. The molecule has 1 saturated carbocycles. The first-order valence-electron chi connectivity index (χ1n) is 6.48. The number of aliphatic carboxylic acids is 1. The molecule has 0 bridgehead atoms. The average Bonchev–Trinajstić information content (AvgIpc) is 2.43. The van der Waals surface area contributed by atoms with Gasteiger partial charge in [0.25, 0.3) is 0 Å². The van der Waals surface area contributed by atoms with Crippen LogP contribution in [-0.2, 0) is 9.59 Å². The summed E-state index contributed by atoms with van der Waals surface area (Å²) in [6, 6.07) is 3.04. The minimum absolute atomic E-state index is 0.128. The number of carbonyl (C=O) groups excluding carboxylic acids is 1. The van der Waals surface area contributed by atoms with Gasteiger partial charge in [0, 0.05) is 11.8 Å². The third-order valence-electron chi connectivity index (χ3n) is 3.61. The third-order valence-corrected chi connectivity index (χ3v) is 3.61. The van der Waals surface area contributed by atoms with Gasteiger partial charge in [0.15, 0.2) is 11.6 Å². The Morgan fingerprint density at radius 3 is 2.35 bits per heavy atom. The molecule has 6 heteroatoms. The Bertz CT molecular complexity index is 533. The second-order valence-corrected chi connectivity index (χ2v) is 4.95. The first-order chi connectivity index (χ1) is 9.49. The number of rotatable bonds is 3. The summed E-state index contributed by atoms with van der Waals surface area (Å²) in [5, 5.41) is 11.6. The maximum absolute atomic E-state index is 13.1. The van der Waals surface area contributed by atoms with E-state index in [9.17, 15) is 18.4 Å². The molecule has 0 heterocycles. The highest BCUT2D eigenvalue weighted by atomic mass is 19.2. The van der Waals surface area contributed by atoms with Crippen molar-refractivity contribution in [1.82, 2.24) is 0 Å². The van der Waals surface area contributed by atoms with E-state index in [2.05, 4.69) is 5.32 Å². The fraction of sp³-hybridized carbons (Fsp3) is 0.429. The number of hydrogen-bond acceptors (Lipinski definition) is 2. The largest absolute Gasteiger partial charge is 0.481 e. The summed E-state index contributed by atoms with van der Waals surface area (Å²) >= 11 is 0. The van der Waals surface area contributed by atoms with Crippen LogP contribution in [0.5, 0.6) is 0 Å². The van der Waals surface area contributed by atoms with E-state index in [0.29, 0.717) is 12.8 Å². The predicted octanol–water partition coefficient (Wildman–Crippen LogP) is 2.79. The fourth-order valence-corrected chi connectivity index (χ4v) is 2.55. The molecule has 0 saturated heterocycles. The van der Waals surface area contributed by atoms with Gasteiger partial charge in [-0.25, -0.2) is 8.78 Å². The number of anilines is 1. The molecule has 108 valence electrons. The molecule has 1 amide bonds. The second-order valence-electron chi connectivity index (χ2n) is 4.95. The number of halogens is 2. The zero-order chi connectivity index (χ0) is 14.7. The molecule has 0 aliphatic heterocycles. The lowest BCUT2D eigenvalue weighted by Crippen LogP contribution is -2.36. The van der Waals surface area contributed by atoms with E-state index in [4.69, 9.17) is 5.11 Å². The van der Waals surface area contributed by atoms with Gasteiger partial charge >= 0.3 is 5.97 Å². The quantitative estimate of drug-likeness (QED) is 0.896. The van der Waals surface area contributed by atoms with Crippen molar-refractivity contribution < 1.29 is 23.5 Å². The molecule has 0 spiro atoms. The van der Waals surface area contributed by atoms with Crippen LogP contribution in [0.1, 0.15) is 25.7 Å². The molecule has 1 aromatic carbocycles. The van der Waals surface area contributed by atoms with Crippen molar-refractivity contribution in [3.63, 3.8) is 0 Å². The van der Waals surface area contributed by atoms with Gasteiger partial charge < -0.3 is 10.4 Å². The van der Waals surface area contributed by atoms with Crippen LogP contribution in [0.25, 0.3) is 0 Å². The van der Waals surface area contributed by atoms with Crippen LogP contribution in [0.2, 0.25) is 0 Å². The van der Waals surface area contributed by atoms with Crippen LogP contribution in [-0.4, -0.2) is 17.0 Å². The van der Waals surface area contributed by atoms with E-state index in [1.54, 1.807) is 0 Å². The number of carboxylic acids is 1. The minimum Gasteiger partial charge on any atom is -0.481 e. The first-order valence-corrected chi connectivity index (χ1v) is 6.48. The Labute approximate surface area is 114 Å². The predicted molar refractivity (Wildman–Crippen MR) is 68.1 cm³/mol. The topological polar surface area (TPSA) is 66.4 Å². The van der Waals surface area contributed by atoms with Gasteiger partial charge in [0.05, 0.1) is 11.8 Å². The van der Waals surface area contributed by atoms with Crippen molar-refractivity contribution >= 4 is 17.6 Å². The number of nitrogens with one attached hydrogen (secondary N) is 1. The Balaban J connectivity index is 2.09. The monoisotopic (exact) mass is 283 g/mol. The highest BCUT2D eigenvalue weighted by Crippen LogP contribution is 2.31. The van der Waals surface area contributed by atoms with Crippen molar-refractivity contribution in [1.29, 1.82) is 0 Å².